The van der Waals surface area contributed by atoms with Gasteiger partial charge in [-0.25, -0.2) is 4.98 Å². The molecule has 3 nitrogen and oxygen atoms in total. The first kappa shape index (κ1) is 14.4. The Bertz CT molecular complexity index is 362. The van der Waals surface area contributed by atoms with E-state index in [1.165, 1.54) is 32.1 Å². The van der Waals surface area contributed by atoms with Crippen LogP contribution >= 0.6 is 0 Å². The molecule has 1 aromatic rings. The summed E-state index contributed by atoms with van der Waals surface area (Å²) in [5.41, 5.74) is 0. The fourth-order valence-corrected chi connectivity index (χ4v) is 3.02. The lowest BCUT2D eigenvalue weighted by Crippen LogP contribution is -2.17. The van der Waals surface area contributed by atoms with Crippen LogP contribution in [0, 0.1) is 17.8 Å². The Morgan fingerprint density at radius 3 is 2.74 bits per heavy atom. The summed E-state index contributed by atoms with van der Waals surface area (Å²) < 4.78 is 2.23. The van der Waals surface area contributed by atoms with E-state index in [0.717, 1.165) is 30.9 Å². The zero-order valence-electron chi connectivity index (χ0n) is 12.7. The third-order valence-corrected chi connectivity index (χ3v) is 4.25. The summed E-state index contributed by atoms with van der Waals surface area (Å²) in [6, 6.07) is 0. The van der Waals surface area contributed by atoms with Crippen molar-refractivity contribution in [3.05, 3.63) is 12.4 Å². The molecule has 1 aliphatic rings. The molecule has 0 aliphatic heterocycles. The van der Waals surface area contributed by atoms with Gasteiger partial charge in [0.05, 0.1) is 0 Å². The molecule has 108 valence electrons. The Hall–Kier alpha value is -0.990. The van der Waals surface area contributed by atoms with Gasteiger partial charge in [-0.05, 0) is 24.2 Å². The molecule has 0 radical (unpaired) electrons. The molecule has 0 aromatic carbocycles. The minimum Gasteiger partial charge on any atom is -0.356 e. The van der Waals surface area contributed by atoms with Crippen LogP contribution in [-0.2, 0) is 6.54 Å². The van der Waals surface area contributed by atoms with Crippen molar-refractivity contribution >= 4 is 5.95 Å². The van der Waals surface area contributed by atoms with E-state index >= 15 is 0 Å². The number of nitrogens with one attached hydrogen (secondary N) is 1. The van der Waals surface area contributed by atoms with Crippen LogP contribution in [0.1, 0.15) is 52.9 Å². The number of hydrogen-bond acceptors (Lipinski definition) is 2. The number of imidazole rings is 1. The fourth-order valence-electron chi connectivity index (χ4n) is 3.02. The van der Waals surface area contributed by atoms with Gasteiger partial charge in [-0.15, -0.1) is 0 Å². The third-order valence-electron chi connectivity index (χ3n) is 4.25. The monoisotopic (exact) mass is 263 g/mol. The van der Waals surface area contributed by atoms with Gasteiger partial charge in [-0.3, -0.25) is 0 Å². The second-order valence-electron chi connectivity index (χ2n) is 6.64. The van der Waals surface area contributed by atoms with Crippen molar-refractivity contribution in [1.29, 1.82) is 0 Å². The maximum atomic E-state index is 4.42. The van der Waals surface area contributed by atoms with Gasteiger partial charge in [0, 0.05) is 25.5 Å². The van der Waals surface area contributed by atoms with Gasteiger partial charge < -0.3 is 9.88 Å². The van der Waals surface area contributed by atoms with Crippen molar-refractivity contribution in [3.63, 3.8) is 0 Å². The van der Waals surface area contributed by atoms with Gasteiger partial charge in [0.15, 0.2) is 0 Å². The van der Waals surface area contributed by atoms with Crippen LogP contribution in [0.5, 0.6) is 0 Å². The molecule has 0 amide bonds. The number of rotatable bonds is 6. The largest absolute Gasteiger partial charge is 0.356 e. The molecule has 0 bridgehead atoms. The van der Waals surface area contributed by atoms with Crippen molar-refractivity contribution in [1.82, 2.24) is 9.55 Å². The first-order valence-corrected chi connectivity index (χ1v) is 7.90. The van der Waals surface area contributed by atoms with Crippen LogP contribution in [0.25, 0.3) is 0 Å². The standard InChI is InChI=1S/C16H29N3/c1-13(2)12-19-11-10-18-16(19)17-9-8-15-6-4-14(3)5-7-15/h10-11,13-15H,4-9,12H2,1-3H3,(H,17,18). The normalized spacial score (nSPS) is 23.8. The van der Waals surface area contributed by atoms with Gasteiger partial charge in [0.1, 0.15) is 0 Å². The lowest BCUT2D eigenvalue weighted by atomic mass is 9.81. The average molecular weight is 263 g/mol. The highest BCUT2D eigenvalue weighted by atomic mass is 15.2. The second-order valence-corrected chi connectivity index (χ2v) is 6.64. The van der Waals surface area contributed by atoms with Gasteiger partial charge in [-0.1, -0.05) is 46.5 Å². The van der Waals surface area contributed by atoms with E-state index in [1.807, 2.05) is 6.20 Å². The predicted molar refractivity (Wildman–Crippen MR) is 81.3 cm³/mol. The molecule has 3 heteroatoms. The van der Waals surface area contributed by atoms with Crippen LogP contribution in [-0.4, -0.2) is 16.1 Å². The van der Waals surface area contributed by atoms with Crippen molar-refractivity contribution in [2.24, 2.45) is 17.8 Å². The van der Waals surface area contributed by atoms with E-state index in [0.29, 0.717) is 5.92 Å². The summed E-state index contributed by atoms with van der Waals surface area (Å²) in [6.45, 7) is 8.98. The predicted octanol–water partition coefficient (Wildman–Crippen LogP) is 4.17. The molecule has 0 atom stereocenters. The molecule has 2 rings (SSSR count). The van der Waals surface area contributed by atoms with Crippen molar-refractivity contribution in [2.45, 2.75) is 59.4 Å². The van der Waals surface area contributed by atoms with Gasteiger partial charge in [0.25, 0.3) is 0 Å². The smallest absolute Gasteiger partial charge is 0.202 e. The maximum Gasteiger partial charge on any atom is 0.202 e. The topological polar surface area (TPSA) is 29.9 Å². The zero-order chi connectivity index (χ0) is 13.7. The van der Waals surface area contributed by atoms with Crippen molar-refractivity contribution < 1.29 is 0 Å². The second kappa shape index (κ2) is 6.97. The van der Waals surface area contributed by atoms with Crippen LogP contribution in [0.4, 0.5) is 5.95 Å². The molecule has 1 aliphatic carbocycles. The lowest BCUT2D eigenvalue weighted by molar-refractivity contribution is 0.281. The molecule has 0 spiro atoms. The number of nitrogens with zero attached hydrogens (tertiary/aromatic N) is 2. The average Bonchev–Trinajstić information content (AvgIpc) is 2.78. The number of anilines is 1. The number of aromatic nitrogens is 2. The van der Waals surface area contributed by atoms with E-state index < -0.39 is 0 Å². The summed E-state index contributed by atoms with van der Waals surface area (Å²) in [5, 5.41) is 3.51. The van der Waals surface area contributed by atoms with E-state index in [9.17, 15) is 0 Å². The summed E-state index contributed by atoms with van der Waals surface area (Å²) in [6.07, 6.45) is 10.9. The zero-order valence-corrected chi connectivity index (χ0v) is 12.7. The van der Waals surface area contributed by atoms with Crippen molar-refractivity contribution in [2.75, 3.05) is 11.9 Å². The molecule has 1 N–H and O–H groups in total. The minimum absolute atomic E-state index is 0.662. The maximum absolute atomic E-state index is 4.42. The Kier molecular flexibility index (Phi) is 5.29. The molecule has 1 aromatic heterocycles. The summed E-state index contributed by atoms with van der Waals surface area (Å²) in [7, 11) is 0. The first-order valence-electron chi connectivity index (χ1n) is 7.90. The van der Waals surface area contributed by atoms with Crippen LogP contribution in [0.3, 0.4) is 0 Å². The van der Waals surface area contributed by atoms with E-state index in [1.54, 1.807) is 0 Å². The van der Waals surface area contributed by atoms with Gasteiger partial charge in [0.2, 0.25) is 5.95 Å². The quantitative estimate of drug-likeness (QED) is 0.835. The SMILES string of the molecule is CC(C)Cn1ccnc1NCCC1CCC(C)CC1. The lowest BCUT2D eigenvalue weighted by Gasteiger charge is -2.26. The van der Waals surface area contributed by atoms with Crippen LogP contribution in [0.15, 0.2) is 12.4 Å². The molecule has 1 heterocycles. The third kappa shape index (κ3) is 4.55. The molecule has 0 unspecified atom stereocenters. The Morgan fingerprint density at radius 2 is 2.05 bits per heavy atom. The first-order chi connectivity index (χ1) is 9.15. The Labute approximate surface area is 117 Å². The van der Waals surface area contributed by atoms with Crippen LogP contribution in [0.2, 0.25) is 0 Å². The minimum atomic E-state index is 0.662. The molecule has 19 heavy (non-hydrogen) atoms. The van der Waals surface area contributed by atoms with E-state index in [4.69, 9.17) is 0 Å². The van der Waals surface area contributed by atoms with Gasteiger partial charge >= 0.3 is 0 Å². The Balaban J connectivity index is 1.72. The highest BCUT2D eigenvalue weighted by Gasteiger charge is 2.17. The van der Waals surface area contributed by atoms with Crippen LogP contribution < -0.4 is 5.32 Å². The van der Waals surface area contributed by atoms with Gasteiger partial charge in [-0.2, -0.15) is 0 Å². The summed E-state index contributed by atoms with van der Waals surface area (Å²) in [4.78, 5) is 4.42. The highest BCUT2D eigenvalue weighted by Crippen LogP contribution is 2.30. The van der Waals surface area contributed by atoms with E-state index in [2.05, 4.69) is 41.8 Å². The van der Waals surface area contributed by atoms with E-state index in [-0.39, 0.29) is 0 Å². The molecule has 1 saturated carbocycles. The molecular weight excluding hydrogens is 234 g/mol. The summed E-state index contributed by atoms with van der Waals surface area (Å²) >= 11 is 0. The molecule has 1 fully saturated rings. The Morgan fingerprint density at radius 1 is 1.32 bits per heavy atom. The summed E-state index contributed by atoms with van der Waals surface area (Å²) in [5.74, 6) is 3.58. The molecular formula is C16H29N3. The molecule has 0 saturated heterocycles. The number of hydrogen-bond donors (Lipinski definition) is 1. The fraction of sp³-hybridized carbons (Fsp3) is 0.812. The highest BCUT2D eigenvalue weighted by molar-refractivity contribution is 5.25. The van der Waals surface area contributed by atoms with Crippen molar-refractivity contribution in [3.8, 4) is 0 Å².